The number of amides is 1. The monoisotopic (exact) mass is 418 g/mol. The first-order valence-corrected chi connectivity index (χ1v) is 11.0. The van der Waals surface area contributed by atoms with Crippen LogP contribution in [-0.4, -0.2) is 27.5 Å². The minimum Gasteiger partial charge on any atom is -0.490 e. The molecule has 8 heteroatoms. The summed E-state index contributed by atoms with van der Waals surface area (Å²) in [5.74, 6) is 1.09. The van der Waals surface area contributed by atoms with Gasteiger partial charge < -0.3 is 14.8 Å². The van der Waals surface area contributed by atoms with E-state index in [2.05, 4.69) is 10.0 Å². The van der Waals surface area contributed by atoms with Crippen LogP contribution in [0.4, 0.5) is 5.69 Å². The van der Waals surface area contributed by atoms with E-state index in [1.54, 1.807) is 12.1 Å². The highest BCUT2D eigenvalue weighted by Gasteiger charge is 2.25. The summed E-state index contributed by atoms with van der Waals surface area (Å²) >= 11 is 0. The Kier molecular flexibility index (Phi) is 6.44. The molecule has 1 heterocycles. The molecular weight excluding hydrogens is 392 g/mol. The number of hydrogen-bond acceptors (Lipinski definition) is 5. The molecule has 0 bridgehead atoms. The number of sulfonamides is 1. The molecule has 0 spiro atoms. The molecule has 0 radical (unpaired) electrons. The maximum absolute atomic E-state index is 12.9. The molecule has 1 atom stereocenters. The zero-order valence-electron chi connectivity index (χ0n) is 16.8. The standard InChI is InChI=1S/C21H26N2O5S/c1-14(2)21(16-5-10-19-20(13-16)28-12-4-11-27-19)23-29(25,26)18-8-6-17(7-9-18)22-15(3)24/h5-10,13-14,21,23H,4,11-12H2,1-3H3,(H,22,24). The van der Waals surface area contributed by atoms with E-state index in [-0.39, 0.29) is 16.7 Å². The number of benzene rings is 2. The molecule has 3 rings (SSSR count). The molecule has 156 valence electrons. The molecule has 0 fully saturated rings. The van der Waals surface area contributed by atoms with Crippen molar-refractivity contribution in [2.45, 2.75) is 38.1 Å². The van der Waals surface area contributed by atoms with Crippen molar-refractivity contribution in [3.05, 3.63) is 48.0 Å². The molecule has 0 aromatic heterocycles. The minimum atomic E-state index is -3.76. The molecule has 2 aromatic carbocycles. The Balaban J connectivity index is 1.84. The lowest BCUT2D eigenvalue weighted by Crippen LogP contribution is -2.31. The third-order valence-electron chi connectivity index (χ3n) is 4.56. The van der Waals surface area contributed by atoms with Crippen LogP contribution in [0.3, 0.4) is 0 Å². The van der Waals surface area contributed by atoms with Crippen LogP contribution >= 0.6 is 0 Å². The molecule has 1 amide bonds. The van der Waals surface area contributed by atoms with Gasteiger partial charge in [-0.05, 0) is 47.9 Å². The Morgan fingerprint density at radius 1 is 1.00 bits per heavy atom. The largest absolute Gasteiger partial charge is 0.490 e. The van der Waals surface area contributed by atoms with Crippen molar-refractivity contribution < 1.29 is 22.7 Å². The number of fused-ring (bicyclic) bond motifs is 1. The van der Waals surface area contributed by atoms with Crippen molar-refractivity contribution in [2.75, 3.05) is 18.5 Å². The van der Waals surface area contributed by atoms with E-state index in [0.717, 1.165) is 12.0 Å². The number of carbonyl (C=O) groups excluding carboxylic acids is 1. The normalized spacial score (nSPS) is 14.9. The van der Waals surface area contributed by atoms with E-state index in [1.165, 1.54) is 19.1 Å². The van der Waals surface area contributed by atoms with Gasteiger partial charge in [0.2, 0.25) is 15.9 Å². The second-order valence-electron chi connectivity index (χ2n) is 7.31. The molecule has 0 aliphatic carbocycles. The average molecular weight is 419 g/mol. The highest BCUT2D eigenvalue weighted by atomic mass is 32.2. The van der Waals surface area contributed by atoms with Gasteiger partial charge >= 0.3 is 0 Å². The fourth-order valence-electron chi connectivity index (χ4n) is 3.12. The average Bonchev–Trinajstić information content (AvgIpc) is 2.90. The third-order valence-corrected chi connectivity index (χ3v) is 6.02. The van der Waals surface area contributed by atoms with Crippen LogP contribution in [0.5, 0.6) is 11.5 Å². The molecule has 1 aliphatic heterocycles. The summed E-state index contributed by atoms with van der Waals surface area (Å²) in [4.78, 5) is 11.3. The van der Waals surface area contributed by atoms with Crippen molar-refractivity contribution in [3.63, 3.8) is 0 Å². The zero-order chi connectivity index (χ0) is 21.0. The number of nitrogens with one attached hydrogen (secondary N) is 2. The van der Waals surface area contributed by atoms with Crippen molar-refractivity contribution in [1.29, 1.82) is 0 Å². The minimum absolute atomic E-state index is 0.00757. The summed E-state index contributed by atoms with van der Waals surface area (Å²) in [5, 5.41) is 2.62. The summed E-state index contributed by atoms with van der Waals surface area (Å²) < 4.78 is 40.1. The van der Waals surface area contributed by atoms with Crippen molar-refractivity contribution in [2.24, 2.45) is 5.92 Å². The first-order valence-electron chi connectivity index (χ1n) is 9.56. The molecule has 0 saturated carbocycles. The molecule has 29 heavy (non-hydrogen) atoms. The Hall–Kier alpha value is -2.58. The Bertz CT molecular complexity index is 971. The van der Waals surface area contributed by atoms with Crippen LogP contribution in [0.25, 0.3) is 0 Å². The number of carbonyl (C=O) groups is 1. The second-order valence-corrected chi connectivity index (χ2v) is 9.02. The lowest BCUT2D eigenvalue weighted by atomic mass is 9.97. The van der Waals surface area contributed by atoms with Crippen LogP contribution in [0.2, 0.25) is 0 Å². The highest BCUT2D eigenvalue weighted by Crippen LogP contribution is 2.34. The Morgan fingerprint density at radius 3 is 2.28 bits per heavy atom. The maximum Gasteiger partial charge on any atom is 0.241 e. The predicted molar refractivity (Wildman–Crippen MR) is 111 cm³/mol. The van der Waals surface area contributed by atoms with Crippen LogP contribution < -0.4 is 19.5 Å². The quantitative estimate of drug-likeness (QED) is 0.749. The fraction of sp³-hybridized carbons (Fsp3) is 0.381. The van der Waals surface area contributed by atoms with E-state index in [4.69, 9.17) is 9.47 Å². The van der Waals surface area contributed by atoms with Gasteiger partial charge in [-0.15, -0.1) is 0 Å². The summed E-state index contributed by atoms with van der Waals surface area (Å²) in [6.07, 6.45) is 0.804. The van der Waals surface area contributed by atoms with Crippen molar-refractivity contribution in [3.8, 4) is 11.5 Å². The lowest BCUT2D eigenvalue weighted by Gasteiger charge is -2.24. The van der Waals surface area contributed by atoms with Gasteiger partial charge in [-0.3, -0.25) is 4.79 Å². The summed E-state index contributed by atoms with van der Waals surface area (Å²) in [5.41, 5.74) is 1.35. The van der Waals surface area contributed by atoms with Crippen molar-refractivity contribution >= 4 is 21.6 Å². The predicted octanol–water partition coefficient (Wildman–Crippen LogP) is 3.48. The van der Waals surface area contributed by atoms with E-state index in [1.807, 2.05) is 32.0 Å². The van der Waals surface area contributed by atoms with Gasteiger partial charge in [-0.25, -0.2) is 13.1 Å². The number of hydrogen-bond donors (Lipinski definition) is 2. The van der Waals surface area contributed by atoms with Crippen LogP contribution in [-0.2, 0) is 14.8 Å². The first kappa shape index (κ1) is 21.1. The van der Waals surface area contributed by atoms with E-state index in [9.17, 15) is 13.2 Å². The maximum atomic E-state index is 12.9. The molecular formula is C21H26N2O5S. The first-order chi connectivity index (χ1) is 13.8. The molecule has 0 saturated heterocycles. The summed E-state index contributed by atoms with van der Waals surface area (Å²) in [7, 11) is -3.76. The molecule has 2 N–H and O–H groups in total. The van der Waals surface area contributed by atoms with Crippen LogP contribution in [0.1, 0.15) is 38.8 Å². The fourth-order valence-corrected chi connectivity index (χ4v) is 4.49. The Labute approximate surface area is 171 Å². The number of anilines is 1. The van der Waals surface area contributed by atoms with Crippen LogP contribution in [0, 0.1) is 5.92 Å². The highest BCUT2D eigenvalue weighted by molar-refractivity contribution is 7.89. The van der Waals surface area contributed by atoms with Gasteiger partial charge in [0.05, 0.1) is 18.1 Å². The lowest BCUT2D eigenvalue weighted by molar-refractivity contribution is -0.114. The second kappa shape index (κ2) is 8.84. The zero-order valence-corrected chi connectivity index (χ0v) is 17.6. The molecule has 2 aromatic rings. The van der Waals surface area contributed by atoms with E-state index < -0.39 is 16.1 Å². The number of ether oxygens (including phenoxy) is 2. The topological polar surface area (TPSA) is 93.7 Å². The van der Waals surface area contributed by atoms with Crippen LogP contribution in [0.15, 0.2) is 47.4 Å². The molecule has 7 nitrogen and oxygen atoms in total. The van der Waals surface area contributed by atoms with Gasteiger partial charge in [0, 0.05) is 25.1 Å². The van der Waals surface area contributed by atoms with Gasteiger partial charge in [0.15, 0.2) is 11.5 Å². The van der Waals surface area contributed by atoms with Gasteiger partial charge in [0.25, 0.3) is 0 Å². The number of rotatable bonds is 6. The van der Waals surface area contributed by atoms with E-state index >= 15 is 0 Å². The third kappa shape index (κ3) is 5.27. The summed E-state index contributed by atoms with van der Waals surface area (Å²) in [6.45, 7) is 6.47. The molecule has 1 aliphatic rings. The van der Waals surface area contributed by atoms with Gasteiger partial charge in [-0.2, -0.15) is 0 Å². The smallest absolute Gasteiger partial charge is 0.241 e. The SMILES string of the molecule is CC(=O)Nc1ccc(S(=O)(=O)NC(c2ccc3c(c2)OCCCO3)C(C)C)cc1. The van der Waals surface area contributed by atoms with Gasteiger partial charge in [0.1, 0.15) is 0 Å². The van der Waals surface area contributed by atoms with E-state index in [0.29, 0.717) is 30.4 Å². The summed E-state index contributed by atoms with van der Waals surface area (Å²) in [6, 6.07) is 11.2. The van der Waals surface area contributed by atoms with Crippen molar-refractivity contribution in [1.82, 2.24) is 4.72 Å². The Morgan fingerprint density at radius 2 is 1.66 bits per heavy atom. The van der Waals surface area contributed by atoms with Gasteiger partial charge in [-0.1, -0.05) is 19.9 Å². The molecule has 1 unspecified atom stereocenters.